The molecule has 3 rings (SSSR count). The normalized spacial score (nSPS) is 30.2. The summed E-state index contributed by atoms with van der Waals surface area (Å²) in [4.78, 5) is 14.7. The van der Waals surface area contributed by atoms with Crippen molar-refractivity contribution in [1.29, 1.82) is 0 Å². The Balaban J connectivity index is 1.86. The van der Waals surface area contributed by atoms with Crippen LogP contribution < -0.4 is 10.6 Å². The minimum atomic E-state index is 0.136. The highest BCUT2D eigenvalue weighted by Crippen LogP contribution is 2.37. The van der Waals surface area contributed by atoms with Gasteiger partial charge in [0.2, 0.25) is 5.91 Å². The summed E-state index contributed by atoms with van der Waals surface area (Å²) in [5.74, 6) is 0.967. The summed E-state index contributed by atoms with van der Waals surface area (Å²) >= 11 is 0. The van der Waals surface area contributed by atoms with Gasteiger partial charge in [0.1, 0.15) is 0 Å². The summed E-state index contributed by atoms with van der Waals surface area (Å²) in [5.41, 5.74) is 8.37. The van der Waals surface area contributed by atoms with Crippen LogP contribution in [0.2, 0.25) is 0 Å². The van der Waals surface area contributed by atoms with Crippen LogP contribution in [0.1, 0.15) is 44.1 Å². The number of hydrogen-bond acceptors (Lipinski definition) is 2. The first-order valence-corrected chi connectivity index (χ1v) is 7.32. The van der Waals surface area contributed by atoms with E-state index in [4.69, 9.17) is 5.73 Å². The molecule has 0 bridgehead atoms. The third kappa shape index (κ3) is 2.27. The molecule has 1 fully saturated rings. The van der Waals surface area contributed by atoms with Crippen LogP contribution in [0.25, 0.3) is 0 Å². The van der Waals surface area contributed by atoms with Gasteiger partial charge in [-0.25, -0.2) is 0 Å². The van der Waals surface area contributed by atoms with Gasteiger partial charge in [0.05, 0.1) is 0 Å². The van der Waals surface area contributed by atoms with Crippen LogP contribution in [0.3, 0.4) is 0 Å². The van der Waals surface area contributed by atoms with Gasteiger partial charge in [-0.15, -0.1) is 0 Å². The van der Waals surface area contributed by atoms with E-state index in [1.54, 1.807) is 0 Å². The third-order valence-corrected chi connectivity index (χ3v) is 4.63. The van der Waals surface area contributed by atoms with Crippen molar-refractivity contribution in [2.45, 2.75) is 44.6 Å². The Kier molecular flexibility index (Phi) is 3.31. The summed E-state index contributed by atoms with van der Waals surface area (Å²) in [6, 6.07) is 8.54. The lowest BCUT2D eigenvalue weighted by molar-refractivity contribution is -0.122. The predicted molar refractivity (Wildman–Crippen MR) is 77.1 cm³/mol. The first-order chi connectivity index (χ1) is 9.16. The maximum atomic E-state index is 12.7. The highest BCUT2D eigenvalue weighted by atomic mass is 16.2. The molecule has 0 radical (unpaired) electrons. The zero-order chi connectivity index (χ0) is 13.4. The fourth-order valence-electron chi connectivity index (χ4n) is 3.44. The van der Waals surface area contributed by atoms with Crippen molar-refractivity contribution in [2.75, 3.05) is 11.4 Å². The van der Waals surface area contributed by atoms with E-state index in [1.807, 2.05) is 11.0 Å². The van der Waals surface area contributed by atoms with E-state index in [9.17, 15) is 4.79 Å². The van der Waals surface area contributed by atoms with Gasteiger partial charge in [-0.2, -0.15) is 0 Å². The number of rotatable bonds is 1. The van der Waals surface area contributed by atoms with Gasteiger partial charge in [-0.3, -0.25) is 4.79 Å². The van der Waals surface area contributed by atoms with Crippen molar-refractivity contribution < 1.29 is 4.79 Å². The number of fused-ring (bicyclic) bond motifs is 1. The van der Waals surface area contributed by atoms with Crippen LogP contribution in [-0.2, 0) is 4.79 Å². The van der Waals surface area contributed by atoms with Crippen LogP contribution in [0, 0.1) is 5.92 Å². The Morgan fingerprint density at radius 3 is 2.79 bits per heavy atom. The third-order valence-electron chi connectivity index (χ3n) is 4.63. The fraction of sp³-hybridized carbons (Fsp3) is 0.562. The Morgan fingerprint density at radius 1 is 1.26 bits per heavy atom. The van der Waals surface area contributed by atoms with Crippen molar-refractivity contribution in [1.82, 2.24) is 0 Å². The number of amides is 1. The van der Waals surface area contributed by atoms with E-state index in [0.29, 0.717) is 5.92 Å². The SMILES string of the molecule is C[C@@H]1CCN(C(=O)[C@@H]2CC[C@H](N)C2)c2ccccc21. The Bertz CT molecular complexity index is 485. The molecule has 1 aliphatic heterocycles. The molecule has 1 saturated carbocycles. The molecule has 2 aliphatic rings. The molecule has 1 aromatic carbocycles. The number of hydrogen-bond donors (Lipinski definition) is 1. The molecule has 0 spiro atoms. The monoisotopic (exact) mass is 258 g/mol. The maximum absolute atomic E-state index is 12.7. The number of carbonyl (C=O) groups is 1. The molecule has 0 aromatic heterocycles. The standard InChI is InChI=1S/C16H22N2O/c1-11-8-9-18(15-5-3-2-4-14(11)15)16(19)12-6-7-13(17)10-12/h2-5,11-13H,6-10,17H2,1H3/t11-,12-,13+/m1/s1. The fourth-order valence-corrected chi connectivity index (χ4v) is 3.44. The van der Waals surface area contributed by atoms with Crippen LogP contribution >= 0.6 is 0 Å². The molecule has 19 heavy (non-hydrogen) atoms. The Hall–Kier alpha value is -1.35. The lowest BCUT2D eigenvalue weighted by atomic mass is 9.90. The van der Waals surface area contributed by atoms with E-state index < -0.39 is 0 Å². The van der Waals surface area contributed by atoms with Crippen LogP contribution in [0.15, 0.2) is 24.3 Å². The molecular formula is C16H22N2O. The second-order valence-electron chi connectivity index (χ2n) is 6.01. The largest absolute Gasteiger partial charge is 0.328 e. The summed E-state index contributed by atoms with van der Waals surface area (Å²) in [7, 11) is 0. The Labute approximate surface area is 114 Å². The average Bonchev–Trinajstić information content (AvgIpc) is 2.86. The van der Waals surface area contributed by atoms with Gasteiger partial charge < -0.3 is 10.6 Å². The second kappa shape index (κ2) is 4.97. The average molecular weight is 258 g/mol. The zero-order valence-electron chi connectivity index (χ0n) is 11.5. The van der Waals surface area contributed by atoms with Crippen molar-refractivity contribution in [3.63, 3.8) is 0 Å². The predicted octanol–water partition coefficient (Wildman–Crippen LogP) is 2.65. The van der Waals surface area contributed by atoms with Crippen molar-refractivity contribution >= 4 is 11.6 Å². The van der Waals surface area contributed by atoms with Crippen molar-refractivity contribution in [3.8, 4) is 0 Å². The lowest BCUT2D eigenvalue weighted by Gasteiger charge is -2.34. The lowest BCUT2D eigenvalue weighted by Crippen LogP contribution is -2.40. The van der Waals surface area contributed by atoms with Crippen LogP contribution in [0.4, 0.5) is 5.69 Å². The van der Waals surface area contributed by atoms with Crippen molar-refractivity contribution in [2.24, 2.45) is 11.7 Å². The van der Waals surface area contributed by atoms with E-state index in [0.717, 1.165) is 37.9 Å². The molecule has 3 nitrogen and oxygen atoms in total. The topological polar surface area (TPSA) is 46.3 Å². The number of carbonyl (C=O) groups excluding carboxylic acids is 1. The number of nitrogens with two attached hydrogens (primary N) is 1. The number of nitrogens with zero attached hydrogens (tertiary/aromatic N) is 1. The molecule has 0 unspecified atom stereocenters. The summed E-state index contributed by atoms with van der Waals surface area (Å²) in [6.45, 7) is 3.09. The van der Waals surface area contributed by atoms with E-state index in [1.165, 1.54) is 5.56 Å². The number of para-hydroxylation sites is 1. The molecule has 3 heteroatoms. The zero-order valence-corrected chi connectivity index (χ0v) is 11.5. The summed E-state index contributed by atoms with van der Waals surface area (Å²) in [6.07, 6.45) is 3.85. The molecule has 1 aliphatic carbocycles. The molecule has 2 N–H and O–H groups in total. The molecule has 0 saturated heterocycles. The van der Waals surface area contributed by atoms with Gasteiger partial charge in [-0.1, -0.05) is 25.1 Å². The molecule has 1 heterocycles. The van der Waals surface area contributed by atoms with Gasteiger partial charge in [0.15, 0.2) is 0 Å². The van der Waals surface area contributed by atoms with E-state index in [2.05, 4.69) is 25.1 Å². The smallest absolute Gasteiger partial charge is 0.230 e. The van der Waals surface area contributed by atoms with Crippen LogP contribution in [0.5, 0.6) is 0 Å². The van der Waals surface area contributed by atoms with Gasteiger partial charge in [0.25, 0.3) is 0 Å². The maximum Gasteiger partial charge on any atom is 0.230 e. The summed E-state index contributed by atoms with van der Waals surface area (Å²) < 4.78 is 0. The first kappa shape index (κ1) is 12.7. The molecule has 3 atom stereocenters. The molecule has 1 aromatic rings. The van der Waals surface area contributed by atoms with E-state index >= 15 is 0 Å². The first-order valence-electron chi connectivity index (χ1n) is 7.32. The Morgan fingerprint density at radius 2 is 2.05 bits per heavy atom. The summed E-state index contributed by atoms with van der Waals surface area (Å²) in [5, 5.41) is 0. The molecule has 102 valence electrons. The minimum Gasteiger partial charge on any atom is -0.328 e. The highest BCUT2D eigenvalue weighted by Gasteiger charge is 2.34. The van der Waals surface area contributed by atoms with Gasteiger partial charge in [-0.05, 0) is 43.2 Å². The number of benzene rings is 1. The molecular weight excluding hydrogens is 236 g/mol. The van der Waals surface area contributed by atoms with Crippen molar-refractivity contribution in [3.05, 3.63) is 29.8 Å². The number of anilines is 1. The highest BCUT2D eigenvalue weighted by molar-refractivity contribution is 5.96. The van der Waals surface area contributed by atoms with Gasteiger partial charge in [0, 0.05) is 24.2 Å². The quantitative estimate of drug-likeness (QED) is 0.841. The van der Waals surface area contributed by atoms with Gasteiger partial charge >= 0.3 is 0 Å². The molecule has 1 amide bonds. The van der Waals surface area contributed by atoms with E-state index in [-0.39, 0.29) is 17.9 Å². The second-order valence-corrected chi connectivity index (χ2v) is 6.01. The minimum absolute atomic E-state index is 0.136. The van der Waals surface area contributed by atoms with Crippen LogP contribution in [-0.4, -0.2) is 18.5 Å².